The van der Waals surface area contributed by atoms with E-state index in [1.54, 1.807) is 0 Å². The molecule has 1 fully saturated rings. The fourth-order valence-electron chi connectivity index (χ4n) is 2.54. The molecule has 1 aliphatic heterocycles. The molecular weight excluding hydrogens is 276 g/mol. The standard InChI is InChI=1S/C17H22N4O/c1-2-16-18-19-17(22-16)21-13-11-20(12-14-21)10-6-9-15-7-4-3-5-8-15/h3-9H,2,10-14H2,1H3/b9-6+. The third kappa shape index (κ3) is 3.74. The number of benzene rings is 1. The van der Waals surface area contributed by atoms with Gasteiger partial charge in [0, 0.05) is 39.1 Å². The van der Waals surface area contributed by atoms with Crippen LogP contribution in [-0.4, -0.2) is 47.8 Å². The van der Waals surface area contributed by atoms with E-state index in [4.69, 9.17) is 4.42 Å². The summed E-state index contributed by atoms with van der Waals surface area (Å²) in [7, 11) is 0. The summed E-state index contributed by atoms with van der Waals surface area (Å²) in [6.07, 6.45) is 5.20. The van der Waals surface area contributed by atoms with Crippen LogP contribution in [0.3, 0.4) is 0 Å². The first-order chi connectivity index (χ1) is 10.8. The molecule has 22 heavy (non-hydrogen) atoms. The lowest BCUT2D eigenvalue weighted by atomic mass is 10.2. The Kier molecular flexibility index (Phi) is 4.85. The molecule has 5 heteroatoms. The van der Waals surface area contributed by atoms with Gasteiger partial charge in [0.05, 0.1) is 0 Å². The highest BCUT2D eigenvalue weighted by Gasteiger charge is 2.20. The highest BCUT2D eigenvalue weighted by atomic mass is 16.4. The number of nitrogens with zero attached hydrogens (tertiary/aromatic N) is 4. The Balaban J connectivity index is 1.46. The van der Waals surface area contributed by atoms with E-state index in [1.807, 2.05) is 13.0 Å². The number of aryl methyl sites for hydroxylation is 1. The lowest BCUT2D eigenvalue weighted by molar-refractivity contribution is 0.277. The van der Waals surface area contributed by atoms with E-state index >= 15 is 0 Å². The maximum Gasteiger partial charge on any atom is 0.318 e. The summed E-state index contributed by atoms with van der Waals surface area (Å²) in [6.45, 7) is 6.90. The molecule has 0 radical (unpaired) electrons. The highest BCUT2D eigenvalue weighted by Crippen LogP contribution is 2.15. The second-order valence-corrected chi connectivity index (χ2v) is 5.43. The maximum absolute atomic E-state index is 5.62. The van der Waals surface area contributed by atoms with Crippen LogP contribution >= 0.6 is 0 Å². The van der Waals surface area contributed by atoms with Crippen LogP contribution in [0.15, 0.2) is 40.8 Å². The molecule has 0 amide bonds. The number of rotatable bonds is 5. The summed E-state index contributed by atoms with van der Waals surface area (Å²) in [5.41, 5.74) is 1.25. The molecule has 3 rings (SSSR count). The average Bonchev–Trinajstić information content (AvgIpc) is 3.06. The van der Waals surface area contributed by atoms with Crippen LogP contribution in [0.25, 0.3) is 6.08 Å². The lowest BCUT2D eigenvalue weighted by Crippen LogP contribution is -2.46. The molecule has 116 valence electrons. The first-order valence-corrected chi connectivity index (χ1v) is 7.86. The molecule has 5 nitrogen and oxygen atoms in total. The number of hydrogen-bond acceptors (Lipinski definition) is 5. The third-order valence-electron chi connectivity index (χ3n) is 3.87. The molecule has 0 aliphatic carbocycles. The predicted molar refractivity (Wildman–Crippen MR) is 87.8 cm³/mol. The summed E-state index contributed by atoms with van der Waals surface area (Å²) >= 11 is 0. The van der Waals surface area contributed by atoms with Crippen LogP contribution in [0.4, 0.5) is 6.01 Å². The first kappa shape index (κ1) is 14.8. The van der Waals surface area contributed by atoms with Crippen LogP contribution < -0.4 is 4.90 Å². The molecule has 2 heterocycles. The van der Waals surface area contributed by atoms with Gasteiger partial charge >= 0.3 is 6.01 Å². The van der Waals surface area contributed by atoms with Crippen molar-refractivity contribution in [1.82, 2.24) is 15.1 Å². The fraction of sp³-hybridized carbons (Fsp3) is 0.412. The quantitative estimate of drug-likeness (QED) is 0.848. The molecule has 2 aromatic rings. The molecule has 1 saturated heterocycles. The van der Waals surface area contributed by atoms with Crippen LogP contribution in [0, 0.1) is 0 Å². The van der Waals surface area contributed by atoms with Gasteiger partial charge in [0.2, 0.25) is 5.89 Å². The van der Waals surface area contributed by atoms with E-state index in [-0.39, 0.29) is 0 Å². The monoisotopic (exact) mass is 298 g/mol. The zero-order valence-corrected chi connectivity index (χ0v) is 13.0. The van der Waals surface area contributed by atoms with Crippen LogP contribution in [0.2, 0.25) is 0 Å². The van der Waals surface area contributed by atoms with Crippen LogP contribution in [0.1, 0.15) is 18.4 Å². The topological polar surface area (TPSA) is 45.4 Å². The van der Waals surface area contributed by atoms with Gasteiger partial charge in [-0.15, -0.1) is 5.10 Å². The van der Waals surface area contributed by atoms with Crippen molar-refractivity contribution in [3.05, 3.63) is 47.9 Å². The van der Waals surface area contributed by atoms with E-state index in [1.165, 1.54) is 5.56 Å². The Hall–Kier alpha value is -2.14. The van der Waals surface area contributed by atoms with Gasteiger partial charge in [-0.1, -0.05) is 54.5 Å². The molecule has 0 N–H and O–H groups in total. The van der Waals surface area contributed by atoms with Gasteiger partial charge in [0.25, 0.3) is 0 Å². The smallest absolute Gasteiger partial charge is 0.318 e. The largest absolute Gasteiger partial charge is 0.408 e. The zero-order valence-electron chi connectivity index (χ0n) is 13.0. The van der Waals surface area contributed by atoms with E-state index < -0.39 is 0 Å². The van der Waals surface area contributed by atoms with Gasteiger partial charge < -0.3 is 9.32 Å². The Morgan fingerprint density at radius 3 is 2.55 bits per heavy atom. The second-order valence-electron chi connectivity index (χ2n) is 5.43. The van der Waals surface area contributed by atoms with Crippen LogP contribution in [0.5, 0.6) is 0 Å². The molecule has 1 aromatic carbocycles. The van der Waals surface area contributed by atoms with Crippen molar-refractivity contribution < 1.29 is 4.42 Å². The molecule has 0 unspecified atom stereocenters. The molecule has 1 aliphatic rings. The van der Waals surface area contributed by atoms with Crippen molar-refractivity contribution in [2.45, 2.75) is 13.3 Å². The summed E-state index contributed by atoms with van der Waals surface area (Å²) < 4.78 is 5.62. The maximum atomic E-state index is 5.62. The first-order valence-electron chi connectivity index (χ1n) is 7.86. The van der Waals surface area contributed by atoms with E-state index in [2.05, 4.69) is 56.4 Å². The van der Waals surface area contributed by atoms with Gasteiger partial charge in [-0.05, 0) is 5.56 Å². The summed E-state index contributed by atoms with van der Waals surface area (Å²) in [6, 6.07) is 11.1. The molecule has 0 atom stereocenters. The van der Waals surface area contributed by atoms with Crippen molar-refractivity contribution >= 4 is 12.1 Å². The Bertz CT molecular complexity index is 600. The van der Waals surface area contributed by atoms with E-state index in [9.17, 15) is 0 Å². The van der Waals surface area contributed by atoms with E-state index in [0.29, 0.717) is 11.9 Å². The summed E-state index contributed by atoms with van der Waals surface area (Å²) in [4.78, 5) is 4.61. The third-order valence-corrected chi connectivity index (χ3v) is 3.87. The second kappa shape index (κ2) is 7.22. The normalized spacial score (nSPS) is 16.5. The molecular formula is C17H22N4O. The minimum absolute atomic E-state index is 0.663. The number of piperazine rings is 1. The Morgan fingerprint density at radius 1 is 1.09 bits per heavy atom. The molecule has 1 aromatic heterocycles. The minimum atomic E-state index is 0.663. The minimum Gasteiger partial charge on any atom is -0.408 e. The number of anilines is 1. The highest BCUT2D eigenvalue weighted by molar-refractivity contribution is 5.48. The summed E-state index contributed by atoms with van der Waals surface area (Å²) in [5, 5.41) is 8.14. The molecule has 0 spiro atoms. The number of hydrogen-bond donors (Lipinski definition) is 0. The molecule has 0 bridgehead atoms. The van der Waals surface area contributed by atoms with Crippen molar-refractivity contribution in [3.63, 3.8) is 0 Å². The Labute approximate surface area is 131 Å². The molecule has 0 saturated carbocycles. The predicted octanol–water partition coefficient (Wildman–Crippen LogP) is 2.47. The average molecular weight is 298 g/mol. The van der Waals surface area contributed by atoms with Crippen molar-refractivity contribution in [2.24, 2.45) is 0 Å². The number of aromatic nitrogens is 2. The lowest BCUT2D eigenvalue weighted by Gasteiger charge is -2.32. The van der Waals surface area contributed by atoms with Crippen molar-refractivity contribution in [3.8, 4) is 0 Å². The van der Waals surface area contributed by atoms with Crippen molar-refractivity contribution in [1.29, 1.82) is 0 Å². The van der Waals surface area contributed by atoms with Gasteiger partial charge in [0.1, 0.15) is 0 Å². The fourth-order valence-corrected chi connectivity index (χ4v) is 2.54. The van der Waals surface area contributed by atoms with Crippen molar-refractivity contribution in [2.75, 3.05) is 37.6 Å². The van der Waals surface area contributed by atoms with Gasteiger partial charge in [0.15, 0.2) is 0 Å². The van der Waals surface area contributed by atoms with Gasteiger partial charge in [-0.2, -0.15) is 0 Å². The summed E-state index contributed by atoms with van der Waals surface area (Å²) in [5.74, 6) is 0.711. The van der Waals surface area contributed by atoms with Crippen LogP contribution in [-0.2, 0) is 6.42 Å². The zero-order chi connectivity index (χ0) is 15.2. The van der Waals surface area contributed by atoms with Gasteiger partial charge in [-0.3, -0.25) is 4.90 Å². The SMILES string of the molecule is CCc1nnc(N2CCN(C/C=C/c3ccccc3)CC2)o1. The van der Waals surface area contributed by atoms with Gasteiger partial charge in [-0.25, -0.2) is 0 Å². The Morgan fingerprint density at radius 2 is 1.86 bits per heavy atom. The van der Waals surface area contributed by atoms with E-state index in [0.717, 1.165) is 39.1 Å².